The predicted octanol–water partition coefficient (Wildman–Crippen LogP) is 1.69. The quantitative estimate of drug-likeness (QED) is 0.736. The van der Waals surface area contributed by atoms with Crippen LogP contribution in [0.2, 0.25) is 0 Å². The van der Waals surface area contributed by atoms with Crippen LogP contribution in [0.3, 0.4) is 0 Å². The lowest BCUT2D eigenvalue weighted by Gasteiger charge is -2.30. The van der Waals surface area contributed by atoms with Crippen molar-refractivity contribution in [3.05, 3.63) is 18.5 Å². The minimum absolute atomic E-state index is 0.685. The summed E-state index contributed by atoms with van der Waals surface area (Å²) < 4.78 is 2.02. The zero-order chi connectivity index (χ0) is 12.8. The largest absolute Gasteiger partial charge is 0.300 e. The Hall–Kier alpha value is -0.870. The highest BCUT2D eigenvalue weighted by Gasteiger charge is 2.19. The Morgan fingerprint density at radius 3 is 2.72 bits per heavy atom. The van der Waals surface area contributed by atoms with Gasteiger partial charge in [0.25, 0.3) is 0 Å². The van der Waals surface area contributed by atoms with Crippen molar-refractivity contribution in [3.8, 4) is 0 Å². The summed E-state index contributed by atoms with van der Waals surface area (Å²) in [5.74, 6) is 0. The summed E-state index contributed by atoms with van der Waals surface area (Å²) >= 11 is 0. The van der Waals surface area contributed by atoms with Gasteiger partial charge in [-0.2, -0.15) is 5.10 Å². The predicted molar refractivity (Wildman–Crippen MR) is 74.6 cm³/mol. The first-order chi connectivity index (χ1) is 8.79. The maximum Gasteiger partial charge on any atom is 0.0536 e. The molecule has 1 fully saturated rings. The van der Waals surface area contributed by atoms with Crippen LogP contribution in [0, 0.1) is 0 Å². The van der Waals surface area contributed by atoms with Crippen molar-refractivity contribution >= 4 is 0 Å². The van der Waals surface area contributed by atoms with Crippen LogP contribution in [0.15, 0.2) is 18.5 Å². The van der Waals surface area contributed by atoms with Gasteiger partial charge in [-0.25, -0.2) is 0 Å². The number of rotatable bonds is 7. The standard InChI is InChI=1S/C14H26N4/c1-3-16(11-12-18-10-6-7-15-18)13-14(2)17-8-4-5-9-17/h6-7,10,14H,3-5,8-9,11-13H2,1-2H3/t14-/m0/s1. The third-order valence-corrected chi connectivity index (χ3v) is 3.94. The molecule has 0 saturated carbocycles. The average molecular weight is 250 g/mol. The SMILES string of the molecule is CCN(CCn1cccn1)C[C@H](C)N1CCCC1. The van der Waals surface area contributed by atoms with Crippen molar-refractivity contribution in [1.82, 2.24) is 19.6 Å². The van der Waals surface area contributed by atoms with Crippen molar-refractivity contribution in [2.24, 2.45) is 0 Å². The summed E-state index contributed by atoms with van der Waals surface area (Å²) in [6.45, 7) is 11.6. The molecule has 18 heavy (non-hydrogen) atoms. The first-order valence-electron chi connectivity index (χ1n) is 7.23. The van der Waals surface area contributed by atoms with Gasteiger partial charge in [-0.3, -0.25) is 9.58 Å². The normalized spacial score (nSPS) is 18.6. The Morgan fingerprint density at radius 2 is 2.11 bits per heavy atom. The summed E-state index contributed by atoms with van der Waals surface area (Å²) in [7, 11) is 0. The molecule has 1 aliphatic rings. The highest BCUT2D eigenvalue weighted by atomic mass is 15.3. The van der Waals surface area contributed by atoms with Crippen molar-refractivity contribution in [1.29, 1.82) is 0 Å². The molecule has 1 aromatic heterocycles. The van der Waals surface area contributed by atoms with E-state index in [0.29, 0.717) is 6.04 Å². The lowest BCUT2D eigenvalue weighted by atomic mass is 10.2. The van der Waals surface area contributed by atoms with Gasteiger partial charge in [0, 0.05) is 31.5 Å². The van der Waals surface area contributed by atoms with Crippen molar-refractivity contribution in [3.63, 3.8) is 0 Å². The first-order valence-corrected chi connectivity index (χ1v) is 7.23. The number of aromatic nitrogens is 2. The molecular weight excluding hydrogens is 224 g/mol. The van der Waals surface area contributed by atoms with Crippen LogP contribution in [-0.4, -0.2) is 58.3 Å². The molecule has 2 heterocycles. The topological polar surface area (TPSA) is 24.3 Å². The molecule has 0 aliphatic carbocycles. The molecule has 4 heteroatoms. The Balaban J connectivity index is 1.74. The highest BCUT2D eigenvalue weighted by molar-refractivity contribution is 4.79. The van der Waals surface area contributed by atoms with Gasteiger partial charge in [0.1, 0.15) is 0 Å². The smallest absolute Gasteiger partial charge is 0.0536 e. The van der Waals surface area contributed by atoms with Crippen LogP contribution in [0.5, 0.6) is 0 Å². The summed E-state index contributed by atoms with van der Waals surface area (Å²) in [6.07, 6.45) is 6.65. The van der Waals surface area contributed by atoms with Gasteiger partial charge in [0.05, 0.1) is 6.54 Å². The molecule has 0 spiro atoms. The molecule has 1 saturated heterocycles. The third kappa shape index (κ3) is 3.82. The summed E-state index contributed by atoms with van der Waals surface area (Å²) in [4.78, 5) is 5.15. The van der Waals surface area contributed by atoms with E-state index >= 15 is 0 Å². The van der Waals surface area contributed by atoms with Gasteiger partial charge in [-0.1, -0.05) is 6.92 Å². The number of hydrogen-bond acceptors (Lipinski definition) is 3. The van der Waals surface area contributed by atoms with E-state index in [-0.39, 0.29) is 0 Å². The lowest BCUT2D eigenvalue weighted by molar-refractivity contribution is 0.171. The summed E-state index contributed by atoms with van der Waals surface area (Å²) in [5, 5.41) is 4.26. The van der Waals surface area contributed by atoms with E-state index in [1.807, 2.05) is 23.1 Å². The van der Waals surface area contributed by atoms with Gasteiger partial charge >= 0.3 is 0 Å². The average Bonchev–Trinajstić information content (AvgIpc) is 3.05. The fraction of sp³-hybridized carbons (Fsp3) is 0.786. The molecule has 2 rings (SSSR count). The van der Waals surface area contributed by atoms with Crippen LogP contribution in [-0.2, 0) is 6.54 Å². The van der Waals surface area contributed by atoms with Crippen LogP contribution in [0.1, 0.15) is 26.7 Å². The Labute approximate surface area is 111 Å². The van der Waals surface area contributed by atoms with Crippen molar-refractivity contribution in [2.75, 3.05) is 32.7 Å². The van der Waals surface area contributed by atoms with Gasteiger partial charge in [-0.05, 0) is 45.5 Å². The van der Waals surface area contributed by atoms with Gasteiger partial charge < -0.3 is 4.90 Å². The molecule has 0 unspecified atom stereocenters. The fourth-order valence-electron chi connectivity index (χ4n) is 2.73. The molecule has 0 bridgehead atoms. The van der Waals surface area contributed by atoms with Crippen LogP contribution in [0.4, 0.5) is 0 Å². The highest BCUT2D eigenvalue weighted by Crippen LogP contribution is 2.12. The van der Waals surface area contributed by atoms with E-state index in [1.54, 1.807) is 0 Å². The molecule has 4 nitrogen and oxygen atoms in total. The summed E-state index contributed by atoms with van der Waals surface area (Å²) in [5.41, 5.74) is 0. The van der Waals surface area contributed by atoms with E-state index in [9.17, 15) is 0 Å². The molecule has 0 amide bonds. The third-order valence-electron chi connectivity index (χ3n) is 3.94. The molecule has 1 aromatic rings. The van der Waals surface area contributed by atoms with Gasteiger partial charge in [-0.15, -0.1) is 0 Å². The first kappa shape index (κ1) is 13.6. The van der Waals surface area contributed by atoms with Crippen LogP contribution in [0.25, 0.3) is 0 Å². The monoisotopic (exact) mass is 250 g/mol. The van der Waals surface area contributed by atoms with E-state index in [1.165, 1.54) is 32.5 Å². The van der Waals surface area contributed by atoms with E-state index < -0.39 is 0 Å². The zero-order valence-corrected chi connectivity index (χ0v) is 11.8. The molecule has 1 aliphatic heterocycles. The van der Waals surface area contributed by atoms with Crippen LogP contribution < -0.4 is 0 Å². The zero-order valence-electron chi connectivity index (χ0n) is 11.8. The molecular formula is C14H26N4. The molecule has 102 valence electrons. The minimum Gasteiger partial charge on any atom is -0.300 e. The second kappa shape index (κ2) is 6.90. The number of hydrogen-bond donors (Lipinski definition) is 0. The number of likely N-dealkylation sites (N-methyl/N-ethyl adjacent to an activating group) is 1. The second-order valence-corrected chi connectivity index (χ2v) is 5.25. The maximum absolute atomic E-state index is 4.26. The van der Waals surface area contributed by atoms with Gasteiger partial charge in [0.15, 0.2) is 0 Å². The number of nitrogens with zero attached hydrogens (tertiary/aromatic N) is 4. The van der Waals surface area contributed by atoms with Crippen molar-refractivity contribution in [2.45, 2.75) is 39.3 Å². The molecule has 1 atom stereocenters. The molecule has 0 radical (unpaired) electrons. The summed E-state index contributed by atoms with van der Waals surface area (Å²) in [6, 6.07) is 2.67. The second-order valence-electron chi connectivity index (χ2n) is 5.25. The maximum atomic E-state index is 4.26. The van der Waals surface area contributed by atoms with E-state index in [2.05, 4.69) is 28.7 Å². The van der Waals surface area contributed by atoms with Crippen molar-refractivity contribution < 1.29 is 0 Å². The Bertz CT molecular complexity index is 317. The number of likely N-dealkylation sites (tertiary alicyclic amines) is 1. The molecule has 0 aromatic carbocycles. The van der Waals surface area contributed by atoms with Gasteiger partial charge in [0.2, 0.25) is 0 Å². The fourth-order valence-corrected chi connectivity index (χ4v) is 2.73. The lowest BCUT2D eigenvalue weighted by Crippen LogP contribution is -2.41. The minimum atomic E-state index is 0.685. The Morgan fingerprint density at radius 1 is 1.33 bits per heavy atom. The van der Waals surface area contributed by atoms with E-state index in [0.717, 1.165) is 19.6 Å². The Kier molecular flexibility index (Phi) is 5.20. The van der Waals surface area contributed by atoms with Crippen LogP contribution >= 0.6 is 0 Å². The van der Waals surface area contributed by atoms with E-state index in [4.69, 9.17) is 0 Å². The molecule has 0 N–H and O–H groups in total.